The second-order valence-corrected chi connectivity index (χ2v) is 9.93. The van der Waals surface area contributed by atoms with E-state index >= 15 is 8.78 Å². The molecule has 2 aliphatic rings. The van der Waals surface area contributed by atoms with Gasteiger partial charge in [0.05, 0.1) is 25.9 Å². The van der Waals surface area contributed by atoms with Gasteiger partial charge in [0, 0.05) is 50.8 Å². The van der Waals surface area contributed by atoms with Crippen LogP contribution in [0.3, 0.4) is 0 Å². The van der Waals surface area contributed by atoms with Gasteiger partial charge in [0.15, 0.2) is 16.7 Å². The van der Waals surface area contributed by atoms with Gasteiger partial charge in [-0.1, -0.05) is 6.07 Å². The van der Waals surface area contributed by atoms with Crippen LogP contribution in [0.4, 0.5) is 38.1 Å². The van der Waals surface area contributed by atoms with Gasteiger partial charge in [0.2, 0.25) is 5.91 Å². The van der Waals surface area contributed by atoms with E-state index in [-0.39, 0.29) is 62.8 Å². The van der Waals surface area contributed by atoms with E-state index in [0.717, 1.165) is 29.3 Å². The molecule has 2 aliphatic heterocycles. The van der Waals surface area contributed by atoms with Crippen LogP contribution < -0.4 is 15.2 Å². The second kappa shape index (κ2) is 12.9. The lowest BCUT2D eigenvalue weighted by atomic mass is 10.1. The van der Waals surface area contributed by atoms with E-state index in [2.05, 4.69) is 10.4 Å². The summed E-state index contributed by atoms with van der Waals surface area (Å²) in [5.41, 5.74) is 2.12. The molecule has 0 unspecified atom stereocenters. The number of halogens is 5. The van der Waals surface area contributed by atoms with Gasteiger partial charge in [-0.2, -0.15) is 13.2 Å². The number of cyclic esters (lactones) is 1. The molecular weight excluding hydrogens is 573 g/mol. The molecule has 2 saturated heterocycles. The second-order valence-electron chi connectivity index (χ2n) is 9.48. The first kappa shape index (κ1) is 30.4. The molecule has 1 aromatic carbocycles. The fourth-order valence-electron chi connectivity index (χ4n) is 4.57. The number of ether oxygens (including phenoxy) is 2. The average molecular weight is 602 g/mol. The Labute approximate surface area is 238 Å². The zero-order chi connectivity index (χ0) is 29.7. The van der Waals surface area contributed by atoms with Crippen molar-refractivity contribution in [2.45, 2.75) is 38.0 Å². The standard InChI is InChI=1S/C26H28F5N5O4S/c1-39-23(41)7-4-18-15-35(25(38)40-18)17-12-19(27)24(20(28)13-17)34-9-8-33-36(11-10-34)22(37)6-3-16-2-5-21(32-14-16)26(29,30)31/h2,5,12-14,18,33H,3-4,6-11,15H2,1H3/t18-/m0/s1. The molecule has 9 nitrogen and oxygen atoms in total. The number of rotatable bonds is 8. The van der Waals surface area contributed by atoms with Crippen LogP contribution in [0, 0.1) is 11.6 Å². The number of benzene rings is 1. The molecule has 0 spiro atoms. The summed E-state index contributed by atoms with van der Waals surface area (Å²) in [6.07, 6.45) is -3.69. The van der Waals surface area contributed by atoms with E-state index in [0.29, 0.717) is 23.5 Å². The summed E-state index contributed by atoms with van der Waals surface area (Å²) in [4.78, 5) is 31.1. The summed E-state index contributed by atoms with van der Waals surface area (Å²) in [5, 5.41) is 1.70. The normalized spacial score (nSPS) is 17.9. The van der Waals surface area contributed by atoms with E-state index < -0.39 is 35.7 Å². The van der Waals surface area contributed by atoms with Crippen LogP contribution in [0.25, 0.3) is 0 Å². The first-order valence-electron chi connectivity index (χ1n) is 12.8. The van der Waals surface area contributed by atoms with Crippen molar-refractivity contribution in [3.63, 3.8) is 0 Å². The van der Waals surface area contributed by atoms with E-state index in [1.807, 2.05) is 0 Å². The zero-order valence-electron chi connectivity index (χ0n) is 22.0. The Morgan fingerprint density at radius 1 is 1.17 bits per heavy atom. The minimum Gasteiger partial charge on any atom is -0.490 e. The van der Waals surface area contributed by atoms with Crippen molar-refractivity contribution in [3.05, 3.63) is 53.4 Å². The molecule has 15 heteroatoms. The third-order valence-electron chi connectivity index (χ3n) is 6.72. The van der Waals surface area contributed by atoms with Crippen molar-refractivity contribution in [1.29, 1.82) is 0 Å². The van der Waals surface area contributed by atoms with E-state index in [1.165, 1.54) is 23.1 Å². The Hall–Kier alpha value is -3.59. The zero-order valence-corrected chi connectivity index (χ0v) is 22.9. The maximum Gasteiger partial charge on any atom is 0.433 e. The highest BCUT2D eigenvalue weighted by Gasteiger charge is 2.34. The quantitative estimate of drug-likeness (QED) is 0.355. The van der Waals surface area contributed by atoms with Gasteiger partial charge in [-0.3, -0.25) is 19.7 Å². The van der Waals surface area contributed by atoms with Gasteiger partial charge in [-0.25, -0.2) is 19.0 Å². The van der Waals surface area contributed by atoms with Crippen LogP contribution >= 0.6 is 12.2 Å². The van der Waals surface area contributed by atoms with Gasteiger partial charge in [0.1, 0.15) is 17.5 Å². The Kier molecular flexibility index (Phi) is 9.58. The van der Waals surface area contributed by atoms with Gasteiger partial charge in [-0.05, 0) is 36.7 Å². The molecule has 0 radical (unpaired) electrons. The number of amides is 2. The number of hydrogen-bond donors (Lipinski definition) is 1. The van der Waals surface area contributed by atoms with Gasteiger partial charge >= 0.3 is 12.3 Å². The lowest BCUT2D eigenvalue weighted by Crippen LogP contribution is -2.43. The number of carbonyl (C=O) groups excluding carboxylic acids is 2. The Balaban J connectivity index is 1.34. The number of hydrogen-bond acceptors (Lipinski definition) is 8. The van der Waals surface area contributed by atoms with Crippen LogP contribution in [-0.4, -0.2) is 73.0 Å². The lowest BCUT2D eigenvalue weighted by Gasteiger charge is -2.25. The molecule has 3 heterocycles. The maximum atomic E-state index is 15.2. The largest absolute Gasteiger partial charge is 0.490 e. The minimum atomic E-state index is -4.54. The summed E-state index contributed by atoms with van der Waals surface area (Å²) < 4.78 is 78.7. The summed E-state index contributed by atoms with van der Waals surface area (Å²) in [6, 6.07) is 4.27. The number of thiocarbonyl (C=S) groups is 1. The monoisotopic (exact) mass is 601 g/mol. The summed E-state index contributed by atoms with van der Waals surface area (Å²) >= 11 is 4.99. The minimum absolute atomic E-state index is 0.00163. The predicted molar refractivity (Wildman–Crippen MR) is 142 cm³/mol. The number of aromatic nitrogens is 1. The SMILES string of the molecule is COC(=S)CC[C@H]1CN(c2cc(F)c(N3CCNN(C(=O)CCc4ccc(C(F)(F)F)nc4)CC3)c(F)c2)C(=O)O1. The molecule has 4 rings (SSSR count). The van der Waals surface area contributed by atoms with Crippen molar-refractivity contribution < 1.29 is 41.0 Å². The molecule has 1 N–H and O–H groups in total. The number of alkyl halides is 3. The fourth-order valence-corrected chi connectivity index (χ4v) is 4.69. The van der Waals surface area contributed by atoms with Crippen LogP contribution in [0.2, 0.25) is 0 Å². The van der Waals surface area contributed by atoms with Crippen molar-refractivity contribution in [2.24, 2.45) is 0 Å². The summed E-state index contributed by atoms with van der Waals surface area (Å²) in [5.74, 6) is -2.06. The molecule has 1 atom stereocenters. The number of pyridine rings is 1. The fraction of sp³-hybridized carbons (Fsp3) is 0.462. The van der Waals surface area contributed by atoms with E-state index in [4.69, 9.17) is 21.7 Å². The van der Waals surface area contributed by atoms with Crippen LogP contribution in [0.1, 0.15) is 30.5 Å². The number of carbonyl (C=O) groups is 2. The average Bonchev–Trinajstić information content (AvgIpc) is 3.13. The Morgan fingerprint density at radius 3 is 2.54 bits per heavy atom. The highest BCUT2D eigenvalue weighted by Crippen LogP contribution is 2.32. The Bertz CT molecular complexity index is 1260. The number of nitrogens with one attached hydrogen (secondary N) is 1. The maximum absolute atomic E-state index is 15.2. The van der Waals surface area contributed by atoms with Gasteiger partial charge < -0.3 is 14.4 Å². The van der Waals surface area contributed by atoms with E-state index in [9.17, 15) is 22.8 Å². The smallest absolute Gasteiger partial charge is 0.433 e. The van der Waals surface area contributed by atoms with Crippen molar-refractivity contribution >= 4 is 40.6 Å². The number of nitrogens with zero attached hydrogens (tertiary/aromatic N) is 4. The summed E-state index contributed by atoms with van der Waals surface area (Å²) in [6.45, 7) is 0.719. The van der Waals surface area contributed by atoms with Crippen molar-refractivity contribution in [2.75, 3.05) is 49.6 Å². The van der Waals surface area contributed by atoms with Gasteiger partial charge in [-0.15, -0.1) is 0 Å². The topological polar surface area (TPSA) is 87.2 Å². The third kappa shape index (κ3) is 7.58. The molecule has 0 saturated carbocycles. The molecule has 222 valence electrons. The number of hydrazine groups is 1. The van der Waals surface area contributed by atoms with Crippen molar-refractivity contribution in [3.8, 4) is 0 Å². The number of anilines is 2. The lowest BCUT2D eigenvalue weighted by molar-refractivity contribution is -0.141. The van der Waals surface area contributed by atoms with Crippen LogP contribution in [-0.2, 0) is 26.9 Å². The summed E-state index contributed by atoms with van der Waals surface area (Å²) in [7, 11) is 1.45. The molecule has 2 amide bonds. The third-order valence-corrected chi connectivity index (χ3v) is 7.09. The highest BCUT2D eigenvalue weighted by atomic mass is 32.1. The van der Waals surface area contributed by atoms with Crippen LogP contribution in [0.5, 0.6) is 0 Å². The molecule has 0 bridgehead atoms. The van der Waals surface area contributed by atoms with Crippen molar-refractivity contribution in [1.82, 2.24) is 15.4 Å². The first-order chi connectivity index (χ1) is 19.5. The van der Waals surface area contributed by atoms with Crippen LogP contribution in [0.15, 0.2) is 30.5 Å². The number of aryl methyl sites for hydroxylation is 1. The van der Waals surface area contributed by atoms with Gasteiger partial charge in [0.25, 0.3) is 0 Å². The Morgan fingerprint density at radius 2 is 1.90 bits per heavy atom. The molecule has 41 heavy (non-hydrogen) atoms. The molecule has 0 aliphatic carbocycles. The van der Waals surface area contributed by atoms with E-state index in [1.54, 1.807) is 0 Å². The molecule has 2 fully saturated rings. The molecule has 2 aromatic rings. The highest BCUT2D eigenvalue weighted by molar-refractivity contribution is 7.80. The molecule has 1 aromatic heterocycles. The molecular formula is C26H28F5N5O4S. The first-order valence-corrected chi connectivity index (χ1v) is 13.2. The predicted octanol–water partition coefficient (Wildman–Crippen LogP) is 4.24. The number of methoxy groups -OCH3 is 1.